The van der Waals surface area contributed by atoms with Crippen LogP contribution in [-0.4, -0.2) is 62.6 Å². The first-order chi connectivity index (χ1) is 14.7. The molecule has 31 heavy (non-hydrogen) atoms. The lowest BCUT2D eigenvalue weighted by Gasteiger charge is -2.20. The lowest BCUT2D eigenvalue weighted by Crippen LogP contribution is -2.35. The molecule has 2 aromatic rings. The second-order valence-electron chi connectivity index (χ2n) is 9.59. The number of hydrogen-bond donors (Lipinski definition) is 1. The molecule has 0 unspecified atom stereocenters. The molecule has 2 aliphatic rings. The zero-order chi connectivity index (χ0) is 22.2. The minimum Gasteiger partial charge on any atom is -0.444 e. The van der Waals surface area contributed by atoms with Gasteiger partial charge in [0, 0.05) is 50.6 Å². The number of anilines is 1. The summed E-state index contributed by atoms with van der Waals surface area (Å²) in [5.74, 6) is 2.17. The van der Waals surface area contributed by atoms with Crippen molar-refractivity contribution in [1.82, 2.24) is 24.6 Å². The predicted octanol–water partition coefficient (Wildman–Crippen LogP) is 2.40. The molecule has 1 saturated heterocycles. The quantitative estimate of drug-likeness (QED) is 0.786. The Morgan fingerprint density at radius 1 is 1.19 bits per heavy atom. The fourth-order valence-corrected chi connectivity index (χ4v) is 3.68. The van der Waals surface area contributed by atoms with Crippen LogP contribution >= 0.6 is 0 Å². The van der Waals surface area contributed by atoms with E-state index in [1.54, 1.807) is 17.8 Å². The molecule has 1 N–H and O–H groups in total. The van der Waals surface area contributed by atoms with E-state index in [4.69, 9.17) is 4.42 Å². The largest absolute Gasteiger partial charge is 0.444 e. The first kappa shape index (κ1) is 21.5. The molecule has 2 amide bonds. The van der Waals surface area contributed by atoms with E-state index in [0.717, 1.165) is 38.1 Å². The van der Waals surface area contributed by atoms with Gasteiger partial charge in [-0.25, -0.2) is 4.98 Å². The Balaban J connectivity index is 1.34. The van der Waals surface area contributed by atoms with E-state index in [9.17, 15) is 9.59 Å². The van der Waals surface area contributed by atoms with Crippen molar-refractivity contribution in [3.8, 4) is 0 Å². The van der Waals surface area contributed by atoms with Gasteiger partial charge in [0.1, 0.15) is 11.6 Å². The van der Waals surface area contributed by atoms with Gasteiger partial charge in [-0.3, -0.25) is 19.2 Å². The Morgan fingerprint density at radius 3 is 2.65 bits per heavy atom. The Kier molecular flexibility index (Phi) is 5.88. The lowest BCUT2D eigenvalue weighted by molar-refractivity contribution is -0.117. The SMILES string of the molecule is Cn1nc(C(=O)N2CCCN(Cc3ncc(C(C)(C)C)o3)CC2)cc1NC(=O)C1CC1. The van der Waals surface area contributed by atoms with Crippen molar-refractivity contribution >= 4 is 17.6 Å². The Hall–Kier alpha value is -2.68. The standard InChI is InChI=1S/C22H32N6O3/c1-22(2,3)17-13-23-19(31-17)14-27-8-5-9-28(11-10-27)21(30)16-12-18(26(4)25-16)24-20(29)15-6-7-15/h12-13,15H,5-11,14H2,1-4H3,(H,24,29). The van der Waals surface area contributed by atoms with Crippen molar-refractivity contribution in [2.45, 2.75) is 52.0 Å². The van der Waals surface area contributed by atoms with Crippen molar-refractivity contribution < 1.29 is 14.0 Å². The molecule has 2 fully saturated rings. The second-order valence-corrected chi connectivity index (χ2v) is 9.59. The number of aryl methyl sites for hydroxylation is 1. The molecule has 0 radical (unpaired) electrons. The van der Waals surface area contributed by atoms with Crippen molar-refractivity contribution in [2.75, 3.05) is 31.5 Å². The van der Waals surface area contributed by atoms with Crippen molar-refractivity contribution in [2.24, 2.45) is 13.0 Å². The molecule has 0 spiro atoms. The van der Waals surface area contributed by atoms with Crippen LogP contribution in [0.3, 0.4) is 0 Å². The molecular formula is C22H32N6O3. The number of rotatable bonds is 5. The summed E-state index contributed by atoms with van der Waals surface area (Å²) in [6, 6.07) is 1.67. The van der Waals surface area contributed by atoms with Gasteiger partial charge >= 0.3 is 0 Å². The number of amides is 2. The van der Waals surface area contributed by atoms with Gasteiger partial charge in [0.25, 0.3) is 5.91 Å². The van der Waals surface area contributed by atoms with E-state index in [2.05, 4.69) is 41.1 Å². The minimum atomic E-state index is -0.101. The number of aromatic nitrogens is 3. The topological polar surface area (TPSA) is 96.5 Å². The van der Waals surface area contributed by atoms with E-state index in [-0.39, 0.29) is 23.1 Å². The molecule has 4 rings (SSSR count). The molecule has 1 saturated carbocycles. The van der Waals surface area contributed by atoms with E-state index in [1.807, 2.05) is 11.1 Å². The normalized spacial score (nSPS) is 18.1. The summed E-state index contributed by atoms with van der Waals surface area (Å²) in [6.45, 7) is 9.87. The molecule has 0 atom stereocenters. The smallest absolute Gasteiger partial charge is 0.274 e. The minimum absolute atomic E-state index is 0.00793. The highest BCUT2D eigenvalue weighted by Gasteiger charge is 2.31. The van der Waals surface area contributed by atoms with E-state index in [1.165, 1.54) is 0 Å². The van der Waals surface area contributed by atoms with Crippen LogP contribution < -0.4 is 5.32 Å². The first-order valence-corrected chi connectivity index (χ1v) is 11.0. The van der Waals surface area contributed by atoms with Crippen LogP contribution in [0.15, 0.2) is 16.7 Å². The number of carbonyl (C=O) groups excluding carboxylic acids is 2. The maximum Gasteiger partial charge on any atom is 0.274 e. The molecular weight excluding hydrogens is 396 g/mol. The number of oxazole rings is 1. The van der Waals surface area contributed by atoms with Gasteiger partial charge in [-0.1, -0.05) is 20.8 Å². The van der Waals surface area contributed by atoms with Crippen LogP contribution in [0.4, 0.5) is 5.82 Å². The molecule has 1 aliphatic heterocycles. The maximum absolute atomic E-state index is 13.0. The van der Waals surface area contributed by atoms with Gasteiger partial charge in [0.05, 0.1) is 12.7 Å². The molecule has 168 valence electrons. The van der Waals surface area contributed by atoms with Gasteiger partial charge in [0.2, 0.25) is 11.8 Å². The molecule has 0 bridgehead atoms. The molecule has 3 heterocycles. The van der Waals surface area contributed by atoms with Crippen LogP contribution in [0, 0.1) is 5.92 Å². The maximum atomic E-state index is 13.0. The Labute approximate surface area is 182 Å². The van der Waals surface area contributed by atoms with Crippen molar-refractivity contribution in [1.29, 1.82) is 0 Å². The van der Waals surface area contributed by atoms with Gasteiger partial charge in [-0.15, -0.1) is 0 Å². The summed E-state index contributed by atoms with van der Waals surface area (Å²) in [5.41, 5.74) is 0.303. The summed E-state index contributed by atoms with van der Waals surface area (Å²) in [4.78, 5) is 33.6. The van der Waals surface area contributed by atoms with E-state index >= 15 is 0 Å². The number of carbonyl (C=O) groups is 2. The second kappa shape index (κ2) is 8.45. The summed E-state index contributed by atoms with van der Waals surface area (Å²) in [7, 11) is 1.74. The van der Waals surface area contributed by atoms with E-state index < -0.39 is 0 Å². The third kappa shape index (κ3) is 5.15. The number of nitrogens with zero attached hydrogens (tertiary/aromatic N) is 5. The van der Waals surface area contributed by atoms with Gasteiger partial charge in [-0.2, -0.15) is 5.10 Å². The summed E-state index contributed by atoms with van der Waals surface area (Å²) < 4.78 is 7.49. The highest BCUT2D eigenvalue weighted by molar-refractivity contribution is 5.96. The predicted molar refractivity (Wildman–Crippen MR) is 116 cm³/mol. The van der Waals surface area contributed by atoms with Crippen LogP contribution in [0.5, 0.6) is 0 Å². The molecule has 1 aliphatic carbocycles. The zero-order valence-electron chi connectivity index (χ0n) is 18.8. The van der Waals surface area contributed by atoms with Gasteiger partial charge in [0.15, 0.2) is 5.69 Å². The monoisotopic (exact) mass is 428 g/mol. The molecule has 9 heteroatoms. The van der Waals surface area contributed by atoms with Gasteiger partial charge < -0.3 is 14.6 Å². The van der Waals surface area contributed by atoms with Gasteiger partial charge in [-0.05, 0) is 19.3 Å². The lowest BCUT2D eigenvalue weighted by atomic mass is 9.94. The van der Waals surface area contributed by atoms with Crippen molar-refractivity contribution in [3.63, 3.8) is 0 Å². The Bertz CT molecular complexity index is 953. The summed E-state index contributed by atoms with van der Waals surface area (Å²) >= 11 is 0. The highest BCUT2D eigenvalue weighted by atomic mass is 16.4. The average molecular weight is 429 g/mol. The summed E-state index contributed by atoms with van der Waals surface area (Å²) in [5, 5.41) is 7.21. The van der Waals surface area contributed by atoms with Crippen LogP contribution in [-0.2, 0) is 23.8 Å². The van der Waals surface area contributed by atoms with Crippen molar-refractivity contribution in [3.05, 3.63) is 29.6 Å². The fourth-order valence-electron chi connectivity index (χ4n) is 3.68. The molecule has 9 nitrogen and oxygen atoms in total. The zero-order valence-corrected chi connectivity index (χ0v) is 18.8. The first-order valence-electron chi connectivity index (χ1n) is 11.0. The fraction of sp³-hybridized carbons (Fsp3) is 0.636. The van der Waals surface area contributed by atoms with Crippen LogP contribution in [0.25, 0.3) is 0 Å². The average Bonchev–Trinajstić information content (AvgIpc) is 3.41. The molecule has 0 aromatic carbocycles. The molecule has 2 aromatic heterocycles. The third-order valence-corrected chi connectivity index (χ3v) is 5.83. The number of hydrogen-bond acceptors (Lipinski definition) is 6. The van der Waals surface area contributed by atoms with Crippen LogP contribution in [0.1, 0.15) is 62.2 Å². The van der Waals surface area contributed by atoms with Crippen LogP contribution in [0.2, 0.25) is 0 Å². The van der Waals surface area contributed by atoms with E-state index in [0.29, 0.717) is 37.0 Å². The highest BCUT2D eigenvalue weighted by Crippen LogP contribution is 2.30. The number of nitrogens with one attached hydrogen (secondary N) is 1. The Morgan fingerprint density at radius 2 is 1.97 bits per heavy atom. The summed E-state index contributed by atoms with van der Waals surface area (Å²) in [6.07, 6.45) is 4.55. The third-order valence-electron chi connectivity index (χ3n) is 5.83.